The summed E-state index contributed by atoms with van der Waals surface area (Å²) < 4.78 is 0. The molecule has 0 atom stereocenters. The molecule has 0 radical (unpaired) electrons. The van der Waals surface area contributed by atoms with E-state index in [1.807, 2.05) is 0 Å². The van der Waals surface area contributed by atoms with Gasteiger partial charge in [0.2, 0.25) is 0 Å². The summed E-state index contributed by atoms with van der Waals surface area (Å²) in [5, 5.41) is 0. The van der Waals surface area contributed by atoms with Crippen LogP contribution < -0.4 is 0 Å². The largest absolute Gasteiger partial charge is 0.0625 e. The lowest BCUT2D eigenvalue weighted by Gasteiger charge is -2.49. The van der Waals surface area contributed by atoms with E-state index < -0.39 is 0 Å². The van der Waals surface area contributed by atoms with Gasteiger partial charge in [-0.1, -0.05) is 39.0 Å². The lowest BCUT2D eigenvalue weighted by atomic mass is 9.56. The van der Waals surface area contributed by atoms with Crippen LogP contribution in [0.3, 0.4) is 0 Å². The first-order chi connectivity index (χ1) is 10.3. The average Bonchev–Trinajstić information content (AvgIpc) is 2.41. The zero-order chi connectivity index (χ0) is 14.2. The van der Waals surface area contributed by atoms with Crippen LogP contribution >= 0.6 is 0 Å². The fourth-order valence-electron chi connectivity index (χ4n) is 6.23. The predicted octanol–water partition coefficient (Wildman–Crippen LogP) is 6.45. The molecule has 4 saturated carbocycles. The van der Waals surface area contributed by atoms with Gasteiger partial charge in [0, 0.05) is 0 Å². The van der Waals surface area contributed by atoms with Crippen molar-refractivity contribution in [1.29, 1.82) is 0 Å². The van der Waals surface area contributed by atoms with Gasteiger partial charge in [0.05, 0.1) is 0 Å². The van der Waals surface area contributed by atoms with Gasteiger partial charge in [0.25, 0.3) is 0 Å². The molecule has 4 aliphatic carbocycles. The lowest BCUT2D eigenvalue weighted by Crippen LogP contribution is -2.38. The van der Waals surface area contributed by atoms with Crippen LogP contribution in [0.25, 0.3) is 0 Å². The maximum atomic E-state index is 2.46. The summed E-state index contributed by atoms with van der Waals surface area (Å²) in [7, 11) is 0. The molecule has 0 aromatic rings. The van der Waals surface area contributed by atoms with Gasteiger partial charge in [-0.2, -0.15) is 0 Å². The van der Waals surface area contributed by atoms with Crippen LogP contribution in [0.1, 0.15) is 90.4 Å². The zero-order valence-corrected chi connectivity index (χ0v) is 14.2. The molecule has 4 fully saturated rings. The molecule has 0 aromatic heterocycles. The highest BCUT2D eigenvalue weighted by molar-refractivity contribution is 4.92. The molecule has 0 spiro atoms. The van der Waals surface area contributed by atoms with Gasteiger partial charge in [-0.3, -0.25) is 0 Å². The summed E-state index contributed by atoms with van der Waals surface area (Å²) in [5.74, 6) is 7.89. The van der Waals surface area contributed by atoms with Crippen molar-refractivity contribution in [3.8, 4) is 0 Å². The Kier molecular flexibility index (Phi) is 4.34. The van der Waals surface area contributed by atoms with Gasteiger partial charge in [-0.05, 0) is 92.8 Å². The molecular weight excluding hydrogens is 252 g/mol. The molecule has 0 heteroatoms. The first-order valence-electron chi connectivity index (χ1n) is 10.3. The summed E-state index contributed by atoms with van der Waals surface area (Å²) in [4.78, 5) is 0. The summed E-state index contributed by atoms with van der Waals surface area (Å²) in [6, 6.07) is 0. The van der Waals surface area contributed by atoms with E-state index in [0.29, 0.717) is 0 Å². The van der Waals surface area contributed by atoms with E-state index in [-0.39, 0.29) is 0 Å². The number of hydrogen-bond donors (Lipinski definition) is 0. The normalized spacial score (nSPS) is 48.4. The van der Waals surface area contributed by atoms with E-state index in [4.69, 9.17) is 0 Å². The van der Waals surface area contributed by atoms with Crippen LogP contribution in [-0.4, -0.2) is 0 Å². The van der Waals surface area contributed by atoms with Gasteiger partial charge in [0.1, 0.15) is 0 Å². The smallest absolute Gasteiger partial charge is 0.0380 e. The molecule has 0 aromatic carbocycles. The Morgan fingerprint density at radius 3 is 1.24 bits per heavy atom. The second-order valence-corrected chi connectivity index (χ2v) is 9.38. The van der Waals surface area contributed by atoms with Crippen molar-refractivity contribution >= 4 is 0 Å². The Hall–Kier alpha value is 0. The molecule has 21 heavy (non-hydrogen) atoms. The molecule has 0 saturated heterocycles. The molecule has 0 aliphatic heterocycles. The monoisotopic (exact) mass is 288 g/mol. The second kappa shape index (κ2) is 6.25. The topological polar surface area (TPSA) is 0 Å². The minimum Gasteiger partial charge on any atom is -0.0625 e. The highest BCUT2D eigenvalue weighted by atomic mass is 14.5. The molecule has 4 rings (SSSR count). The van der Waals surface area contributed by atoms with Crippen molar-refractivity contribution in [1.82, 2.24) is 0 Å². The van der Waals surface area contributed by atoms with Crippen LogP contribution in [0.2, 0.25) is 0 Å². The number of hydrogen-bond acceptors (Lipinski definition) is 0. The SMILES string of the molecule is CC1CCC(C2CCC(C3CC(C4CCC4)C3)CC2)CC1. The molecule has 120 valence electrons. The maximum Gasteiger partial charge on any atom is -0.0380 e. The minimum atomic E-state index is 1.02. The zero-order valence-electron chi connectivity index (χ0n) is 14.2. The van der Waals surface area contributed by atoms with E-state index in [1.54, 1.807) is 64.2 Å². The third-order valence-electron chi connectivity index (χ3n) is 8.24. The van der Waals surface area contributed by atoms with Crippen molar-refractivity contribution in [2.75, 3.05) is 0 Å². The highest BCUT2D eigenvalue weighted by Gasteiger charge is 2.42. The Balaban J connectivity index is 1.19. The Bertz CT molecular complexity index is 320. The molecule has 0 nitrogen and oxygen atoms in total. The molecule has 0 unspecified atom stereocenters. The van der Waals surface area contributed by atoms with Crippen LogP contribution in [0, 0.1) is 41.4 Å². The summed E-state index contributed by atoms with van der Waals surface area (Å²) in [5.41, 5.74) is 0. The first kappa shape index (κ1) is 14.6. The third-order valence-corrected chi connectivity index (χ3v) is 8.24. The van der Waals surface area contributed by atoms with Gasteiger partial charge < -0.3 is 0 Å². The highest BCUT2D eigenvalue weighted by Crippen LogP contribution is 2.53. The van der Waals surface area contributed by atoms with Crippen LogP contribution in [0.4, 0.5) is 0 Å². The fraction of sp³-hybridized carbons (Fsp3) is 1.00. The van der Waals surface area contributed by atoms with Crippen LogP contribution in [-0.2, 0) is 0 Å². The Morgan fingerprint density at radius 1 is 0.429 bits per heavy atom. The van der Waals surface area contributed by atoms with Crippen molar-refractivity contribution in [3.63, 3.8) is 0 Å². The summed E-state index contributed by atoms with van der Waals surface area (Å²) in [6.07, 6.45) is 20.5. The first-order valence-corrected chi connectivity index (χ1v) is 10.3. The van der Waals surface area contributed by atoms with Crippen LogP contribution in [0.5, 0.6) is 0 Å². The maximum absolute atomic E-state index is 2.46. The molecule has 0 N–H and O–H groups in total. The van der Waals surface area contributed by atoms with Gasteiger partial charge in [0.15, 0.2) is 0 Å². The predicted molar refractivity (Wildman–Crippen MR) is 90.1 cm³/mol. The van der Waals surface area contributed by atoms with E-state index in [9.17, 15) is 0 Å². The summed E-state index contributed by atoms with van der Waals surface area (Å²) >= 11 is 0. The minimum absolute atomic E-state index is 1.02. The third kappa shape index (κ3) is 3.06. The summed E-state index contributed by atoms with van der Waals surface area (Å²) in [6.45, 7) is 2.46. The molecule has 0 bridgehead atoms. The van der Waals surface area contributed by atoms with Crippen molar-refractivity contribution in [2.45, 2.75) is 90.4 Å². The quantitative estimate of drug-likeness (QED) is 0.560. The molecule has 4 aliphatic rings. The van der Waals surface area contributed by atoms with E-state index in [0.717, 1.165) is 29.6 Å². The Morgan fingerprint density at radius 2 is 0.810 bits per heavy atom. The van der Waals surface area contributed by atoms with Gasteiger partial charge in [-0.25, -0.2) is 0 Å². The molecular formula is C21H36. The van der Waals surface area contributed by atoms with Crippen molar-refractivity contribution < 1.29 is 0 Å². The van der Waals surface area contributed by atoms with E-state index in [1.165, 1.54) is 31.1 Å². The number of rotatable bonds is 3. The molecule has 0 amide bonds. The van der Waals surface area contributed by atoms with E-state index >= 15 is 0 Å². The standard InChI is InChI=1S/C21H36/c1-15-5-7-17(8-6-15)18-9-11-19(12-10-18)21-13-20(14-21)16-3-2-4-16/h15-21H,2-14H2,1H3. The Labute approximate surface area is 132 Å². The van der Waals surface area contributed by atoms with Crippen molar-refractivity contribution in [3.05, 3.63) is 0 Å². The lowest BCUT2D eigenvalue weighted by molar-refractivity contribution is 0.0174. The fourth-order valence-corrected chi connectivity index (χ4v) is 6.23. The second-order valence-electron chi connectivity index (χ2n) is 9.38. The van der Waals surface area contributed by atoms with Gasteiger partial charge in [-0.15, -0.1) is 0 Å². The molecule has 0 heterocycles. The van der Waals surface area contributed by atoms with Crippen LogP contribution in [0.15, 0.2) is 0 Å². The van der Waals surface area contributed by atoms with E-state index in [2.05, 4.69) is 6.92 Å². The van der Waals surface area contributed by atoms with Crippen molar-refractivity contribution in [2.24, 2.45) is 41.4 Å². The average molecular weight is 289 g/mol. The van der Waals surface area contributed by atoms with Gasteiger partial charge >= 0.3 is 0 Å².